The molecule has 3 aliphatic rings. The Kier molecular flexibility index (Phi) is 5.06. The molecule has 5 nitrogen and oxygen atoms in total. The summed E-state index contributed by atoms with van der Waals surface area (Å²) in [4.78, 5) is 19.9. The number of likely N-dealkylation sites (N-methyl/N-ethyl adjacent to an activating group) is 1. The maximum Gasteiger partial charge on any atom is 0.253 e. The van der Waals surface area contributed by atoms with Gasteiger partial charge in [0.2, 0.25) is 0 Å². The van der Waals surface area contributed by atoms with Gasteiger partial charge >= 0.3 is 0 Å². The number of likely N-dealkylation sites (tertiary alicyclic amines) is 1. The maximum absolute atomic E-state index is 13.0. The lowest BCUT2D eigenvalue weighted by molar-refractivity contribution is 0.0748. The number of hydrogen-bond acceptors (Lipinski definition) is 4. The summed E-state index contributed by atoms with van der Waals surface area (Å²) >= 11 is 0. The lowest BCUT2D eigenvalue weighted by atomic mass is 10.1. The Labute approximate surface area is 151 Å². The van der Waals surface area contributed by atoms with Crippen LogP contribution in [-0.4, -0.2) is 79.0 Å². The summed E-state index contributed by atoms with van der Waals surface area (Å²) in [5, 5.41) is 3.65. The van der Waals surface area contributed by atoms with E-state index in [1.165, 1.54) is 18.4 Å². The Morgan fingerprint density at radius 2 is 1.88 bits per heavy atom. The molecular weight excluding hydrogens is 312 g/mol. The molecule has 3 saturated heterocycles. The number of nitrogens with zero attached hydrogens (tertiary/aromatic N) is 3. The zero-order chi connectivity index (χ0) is 17.2. The van der Waals surface area contributed by atoms with Gasteiger partial charge in [-0.3, -0.25) is 9.69 Å². The van der Waals surface area contributed by atoms with Gasteiger partial charge in [-0.1, -0.05) is 12.1 Å². The van der Waals surface area contributed by atoms with Crippen LogP contribution in [0.15, 0.2) is 24.3 Å². The molecule has 136 valence electrons. The van der Waals surface area contributed by atoms with Crippen LogP contribution in [0.3, 0.4) is 0 Å². The van der Waals surface area contributed by atoms with Crippen molar-refractivity contribution in [3.63, 3.8) is 0 Å². The van der Waals surface area contributed by atoms with Gasteiger partial charge < -0.3 is 15.1 Å². The van der Waals surface area contributed by atoms with E-state index in [0.29, 0.717) is 12.1 Å². The van der Waals surface area contributed by atoms with Gasteiger partial charge in [0.25, 0.3) is 5.91 Å². The molecule has 0 aliphatic carbocycles. The normalized spacial score (nSPS) is 28.1. The molecule has 2 atom stereocenters. The van der Waals surface area contributed by atoms with Crippen molar-refractivity contribution in [2.75, 3.05) is 46.3 Å². The second-order valence-corrected chi connectivity index (χ2v) is 7.96. The Balaban J connectivity index is 1.41. The summed E-state index contributed by atoms with van der Waals surface area (Å²) in [6.07, 6.45) is 3.56. The van der Waals surface area contributed by atoms with Crippen molar-refractivity contribution in [1.29, 1.82) is 0 Å². The number of rotatable bonds is 3. The van der Waals surface area contributed by atoms with E-state index in [2.05, 4.69) is 39.2 Å². The number of carbonyl (C=O) groups excluding carboxylic acids is 1. The molecule has 3 aliphatic heterocycles. The lowest BCUT2D eigenvalue weighted by Crippen LogP contribution is -2.43. The van der Waals surface area contributed by atoms with Crippen LogP contribution in [0.5, 0.6) is 0 Å². The van der Waals surface area contributed by atoms with Crippen molar-refractivity contribution in [3.05, 3.63) is 35.4 Å². The van der Waals surface area contributed by atoms with Crippen molar-refractivity contribution in [2.45, 2.75) is 37.9 Å². The number of benzene rings is 1. The first kappa shape index (κ1) is 17.0. The third kappa shape index (κ3) is 4.05. The standard InChI is InChI=1S/C20H30N4O/c1-22-9-11-23(12-10-22)14-16-3-2-4-17(13-16)20(25)24-8-7-18-5-6-19(15-24)21-18/h2-4,13,18-19,21H,5-12,14-15H2,1H3. The third-order valence-electron chi connectivity index (χ3n) is 5.99. The van der Waals surface area contributed by atoms with Gasteiger partial charge in [-0.05, 0) is 44.0 Å². The van der Waals surface area contributed by atoms with Crippen LogP contribution >= 0.6 is 0 Å². The largest absolute Gasteiger partial charge is 0.337 e. The van der Waals surface area contributed by atoms with E-state index in [9.17, 15) is 4.79 Å². The van der Waals surface area contributed by atoms with Crippen LogP contribution in [-0.2, 0) is 6.54 Å². The molecule has 25 heavy (non-hydrogen) atoms. The highest BCUT2D eigenvalue weighted by Crippen LogP contribution is 2.22. The summed E-state index contributed by atoms with van der Waals surface area (Å²) in [5.74, 6) is 0.203. The van der Waals surface area contributed by atoms with Gasteiger partial charge in [-0.25, -0.2) is 0 Å². The highest BCUT2D eigenvalue weighted by molar-refractivity contribution is 5.94. The molecule has 3 heterocycles. The average molecular weight is 342 g/mol. The number of amides is 1. The summed E-state index contributed by atoms with van der Waals surface area (Å²) in [7, 11) is 2.18. The Morgan fingerprint density at radius 3 is 2.72 bits per heavy atom. The van der Waals surface area contributed by atoms with Gasteiger partial charge in [0.15, 0.2) is 0 Å². The smallest absolute Gasteiger partial charge is 0.253 e. The van der Waals surface area contributed by atoms with E-state index in [-0.39, 0.29) is 5.91 Å². The second kappa shape index (κ2) is 7.44. The minimum absolute atomic E-state index is 0.203. The van der Waals surface area contributed by atoms with Gasteiger partial charge in [-0.15, -0.1) is 0 Å². The third-order valence-corrected chi connectivity index (χ3v) is 5.99. The summed E-state index contributed by atoms with van der Waals surface area (Å²) in [6.45, 7) is 7.16. The molecule has 1 aromatic rings. The molecule has 3 fully saturated rings. The van der Waals surface area contributed by atoms with Crippen LogP contribution in [0.25, 0.3) is 0 Å². The molecular formula is C20H30N4O. The van der Waals surface area contributed by atoms with Gasteiger partial charge in [-0.2, -0.15) is 0 Å². The summed E-state index contributed by atoms with van der Waals surface area (Å²) in [6, 6.07) is 9.39. The van der Waals surface area contributed by atoms with Crippen molar-refractivity contribution in [2.24, 2.45) is 0 Å². The molecule has 2 unspecified atom stereocenters. The Bertz CT molecular complexity index is 611. The van der Waals surface area contributed by atoms with Crippen molar-refractivity contribution in [3.8, 4) is 0 Å². The predicted octanol–water partition coefficient (Wildman–Crippen LogP) is 1.40. The van der Waals surface area contributed by atoms with Crippen molar-refractivity contribution in [1.82, 2.24) is 20.0 Å². The fourth-order valence-corrected chi connectivity index (χ4v) is 4.38. The predicted molar refractivity (Wildman–Crippen MR) is 99.7 cm³/mol. The molecule has 1 aromatic carbocycles. The molecule has 1 amide bonds. The van der Waals surface area contributed by atoms with E-state index in [1.54, 1.807) is 0 Å². The monoisotopic (exact) mass is 342 g/mol. The molecule has 5 heteroatoms. The first-order valence-corrected chi connectivity index (χ1v) is 9.72. The van der Waals surface area contributed by atoms with E-state index in [4.69, 9.17) is 0 Å². The Hall–Kier alpha value is -1.43. The number of hydrogen-bond donors (Lipinski definition) is 1. The van der Waals surface area contributed by atoms with Gasteiger partial charge in [0.1, 0.15) is 0 Å². The lowest BCUT2D eigenvalue weighted by Gasteiger charge is -2.32. The zero-order valence-corrected chi connectivity index (χ0v) is 15.3. The van der Waals surface area contributed by atoms with Gasteiger partial charge in [0, 0.05) is 63.5 Å². The molecule has 1 N–H and O–H groups in total. The Morgan fingerprint density at radius 1 is 1.08 bits per heavy atom. The zero-order valence-electron chi connectivity index (χ0n) is 15.3. The second-order valence-electron chi connectivity index (χ2n) is 7.96. The molecule has 2 bridgehead atoms. The topological polar surface area (TPSA) is 38.8 Å². The van der Waals surface area contributed by atoms with E-state index in [0.717, 1.165) is 57.8 Å². The maximum atomic E-state index is 13.0. The highest BCUT2D eigenvalue weighted by Gasteiger charge is 2.31. The molecule has 0 saturated carbocycles. The fraction of sp³-hybridized carbons (Fsp3) is 0.650. The quantitative estimate of drug-likeness (QED) is 0.901. The van der Waals surface area contributed by atoms with Crippen LogP contribution in [0.1, 0.15) is 35.2 Å². The fourth-order valence-electron chi connectivity index (χ4n) is 4.38. The van der Waals surface area contributed by atoms with Crippen LogP contribution in [0.4, 0.5) is 0 Å². The molecule has 0 aromatic heterocycles. The number of nitrogens with one attached hydrogen (secondary N) is 1. The number of piperazine rings is 1. The first-order chi connectivity index (χ1) is 12.2. The van der Waals surface area contributed by atoms with E-state index < -0.39 is 0 Å². The number of carbonyl (C=O) groups is 1. The summed E-state index contributed by atoms with van der Waals surface area (Å²) in [5.41, 5.74) is 2.11. The van der Waals surface area contributed by atoms with Crippen LogP contribution in [0.2, 0.25) is 0 Å². The van der Waals surface area contributed by atoms with Crippen LogP contribution < -0.4 is 5.32 Å². The molecule has 0 radical (unpaired) electrons. The van der Waals surface area contributed by atoms with Crippen LogP contribution in [0, 0.1) is 0 Å². The van der Waals surface area contributed by atoms with Crippen molar-refractivity contribution < 1.29 is 4.79 Å². The van der Waals surface area contributed by atoms with Crippen molar-refractivity contribution >= 4 is 5.91 Å². The molecule has 0 spiro atoms. The minimum atomic E-state index is 0.203. The molecule has 4 rings (SSSR count). The highest BCUT2D eigenvalue weighted by atomic mass is 16.2. The summed E-state index contributed by atoms with van der Waals surface area (Å²) < 4.78 is 0. The number of fused-ring (bicyclic) bond motifs is 2. The van der Waals surface area contributed by atoms with E-state index >= 15 is 0 Å². The van der Waals surface area contributed by atoms with E-state index in [1.807, 2.05) is 12.1 Å². The average Bonchev–Trinajstić information content (AvgIpc) is 2.95. The first-order valence-electron chi connectivity index (χ1n) is 9.72. The minimum Gasteiger partial charge on any atom is -0.337 e. The SMILES string of the molecule is CN1CCN(Cc2cccc(C(=O)N3CCC4CCC(C3)N4)c2)CC1. The van der Waals surface area contributed by atoms with Gasteiger partial charge in [0.05, 0.1) is 0 Å².